The molecule has 0 spiro atoms. The van der Waals surface area contributed by atoms with Gasteiger partial charge in [0.1, 0.15) is 0 Å². The van der Waals surface area contributed by atoms with Crippen molar-refractivity contribution in [2.24, 2.45) is 12.9 Å². The Morgan fingerprint density at radius 3 is 2.79 bits per heavy atom. The van der Waals surface area contributed by atoms with E-state index in [1.54, 1.807) is 6.20 Å². The fraction of sp³-hybridized carbons (Fsp3) is 0.357. The minimum atomic E-state index is 0.0444. The molecular weight excluding hydrogens is 260 g/mol. The van der Waals surface area contributed by atoms with Crippen LogP contribution < -0.4 is 11.3 Å². The van der Waals surface area contributed by atoms with Crippen LogP contribution in [-0.2, 0) is 13.5 Å². The summed E-state index contributed by atoms with van der Waals surface area (Å²) in [7, 11) is 1.94. The highest BCUT2D eigenvalue weighted by atomic mass is 35.5. The first kappa shape index (κ1) is 14.1. The molecule has 0 aliphatic rings. The Bertz CT molecular complexity index is 550. The van der Waals surface area contributed by atoms with Gasteiger partial charge in [-0.05, 0) is 43.0 Å². The van der Waals surface area contributed by atoms with Crippen LogP contribution in [0.1, 0.15) is 29.3 Å². The Kier molecular flexibility index (Phi) is 4.58. The summed E-state index contributed by atoms with van der Waals surface area (Å²) in [5.41, 5.74) is 6.22. The van der Waals surface area contributed by atoms with E-state index in [9.17, 15) is 0 Å². The summed E-state index contributed by atoms with van der Waals surface area (Å²) in [6.45, 7) is 2.02. The van der Waals surface area contributed by atoms with Crippen LogP contribution in [-0.4, -0.2) is 9.78 Å². The van der Waals surface area contributed by atoms with Gasteiger partial charge in [0.15, 0.2) is 0 Å². The average molecular weight is 279 g/mol. The molecule has 0 saturated heterocycles. The molecule has 2 aromatic rings. The predicted octanol–water partition coefficient (Wildman–Crippen LogP) is 2.52. The maximum Gasteiger partial charge on any atom is 0.0492 e. The Labute approximate surface area is 118 Å². The number of rotatable bonds is 5. The molecule has 0 saturated carbocycles. The minimum Gasteiger partial charge on any atom is -0.273 e. The van der Waals surface area contributed by atoms with E-state index in [1.807, 2.05) is 36.9 Å². The van der Waals surface area contributed by atoms with Gasteiger partial charge in [0.25, 0.3) is 0 Å². The molecule has 1 aromatic heterocycles. The number of hydrazine groups is 1. The fourth-order valence-electron chi connectivity index (χ4n) is 2.18. The van der Waals surface area contributed by atoms with Gasteiger partial charge in [-0.25, -0.2) is 0 Å². The number of hydrogen-bond acceptors (Lipinski definition) is 3. The molecule has 1 unspecified atom stereocenters. The number of nitrogens with two attached hydrogens (primary N) is 1. The lowest BCUT2D eigenvalue weighted by atomic mass is 10.0. The van der Waals surface area contributed by atoms with Gasteiger partial charge in [-0.2, -0.15) is 5.10 Å². The van der Waals surface area contributed by atoms with Crippen molar-refractivity contribution in [1.82, 2.24) is 15.2 Å². The second-order valence-corrected chi connectivity index (χ2v) is 5.14. The summed E-state index contributed by atoms with van der Waals surface area (Å²) >= 11 is 6.28. The van der Waals surface area contributed by atoms with Crippen LogP contribution in [0.2, 0.25) is 5.02 Å². The molecule has 1 heterocycles. The Morgan fingerprint density at radius 1 is 1.42 bits per heavy atom. The second-order valence-electron chi connectivity index (χ2n) is 4.73. The van der Waals surface area contributed by atoms with Crippen molar-refractivity contribution in [1.29, 1.82) is 0 Å². The molecule has 0 amide bonds. The van der Waals surface area contributed by atoms with Crippen molar-refractivity contribution in [2.75, 3.05) is 0 Å². The Balaban J connectivity index is 2.10. The maximum absolute atomic E-state index is 6.28. The summed E-state index contributed by atoms with van der Waals surface area (Å²) < 4.78 is 1.88. The average Bonchev–Trinajstić information content (AvgIpc) is 2.78. The van der Waals surface area contributed by atoms with E-state index in [0.717, 1.165) is 29.0 Å². The van der Waals surface area contributed by atoms with Gasteiger partial charge in [0.2, 0.25) is 0 Å². The van der Waals surface area contributed by atoms with Gasteiger partial charge < -0.3 is 0 Å². The zero-order valence-electron chi connectivity index (χ0n) is 11.2. The zero-order chi connectivity index (χ0) is 13.8. The molecule has 0 aliphatic heterocycles. The molecule has 1 atom stereocenters. The topological polar surface area (TPSA) is 55.9 Å². The summed E-state index contributed by atoms with van der Waals surface area (Å²) in [6, 6.07) is 8.11. The van der Waals surface area contributed by atoms with Crippen molar-refractivity contribution in [3.8, 4) is 0 Å². The van der Waals surface area contributed by atoms with Crippen LogP contribution in [0.15, 0.2) is 30.5 Å². The van der Waals surface area contributed by atoms with Crippen LogP contribution in [0.5, 0.6) is 0 Å². The SMILES string of the molecule is Cc1ccc(C(CCc2ccnn2C)NN)c(Cl)c1. The highest BCUT2D eigenvalue weighted by molar-refractivity contribution is 6.31. The minimum absolute atomic E-state index is 0.0444. The number of aromatic nitrogens is 2. The molecule has 0 bridgehead atoms. The summed E-state index contributed by atoms with van der Waals surface area (Å²) in [5, 5.41) is 4.92. The van der Waals surface area contributed by atoms with Gasteiger partial charge in [0.05, 0.1) is 0 Å². The van der Waals surface area contributed by atoms with Gasteiger partial charge in [-0.1, -0.05) is 23.7 Å². The maximum atomic E-state index is 6.28. The second kappa shape index (κ2) is 6.19. The molecule has 5 heteroatoms. The fourth-order valence-corrected chi connectivity index (χ4v) is 2.55. The number of nitrogens with one attached hydrogen (secondary N) is 1. The first-order valence-electron chi connectivity index (χ1n) is 6.31. The van der Waals surface area contributed by atoms with E-state index in [4.69, 9.17) is 17.4 Å². The molecule has 0 radical (unpaired) electrons. The van der Waals surface area contributed by atoms with E-state index in [-0.39, 0.29) is 6.04 Å². The van der Waals surface area contributed by atoms with E-state index < -0.39 is 0 Å². The first-order chi connectivity index (χ1) is 9.11. The number of halogens is 1. The van der Waals surface area contributed by atoms with Crippen LogP contribution >= 0.6 is 11.6 Å². The van der Waals surface area contributed by atoms with Crippen LogP contribution in [0.3, 0.4) is 0 Å². The van der Waals surface area contributed by atoms with E-state index in [1.165, 1.54) is 5.69 Å². The molecule has 3 N–H and O–H groups in total. The normalized spacial score (nSPS) is 12.6. The van der Waals surface area contributed by atoms with Gasteiger partial charge in [-0.15, -0.1) is 0 Å². The quantitative estimate of drug-likeness (QED) is 0.653. The van der Waals surface area contributed by atoms with Gasteiger partial charge in [-0.3, -0.25) is 16.0 Å². The number of benzene rings is 1. The van der Waals surface area contributed by atoms with Gasteiger partial charge in [0, 0.05) is 30.0 Å². The summed E-state index contributed by atoms with van der Waals surface area (Å²) in [5.74, 6) is 5.66. The molecule has 102 valence electrons. The molecule has 4 nitrogen and oxygen atoms in total. The largest absolute Gasteiger partial charge is 0.273 e. The third kappa shape index (κ3) is 3.35. The van der Waals surface area contributed by atoms with Crippen molar-refractivity contribution >= 4 is 11.6 Å². The smallest absolute Gasteiger partial charge is 0.0492 e. The zero-order valence-corrected chi connectivity index (χ0v) is 12.0. The lowest BCUT2D eigenvalue weighted by Crippen LogP contribution is -2.28. The van der Waals surface area contributed by atoms with Gasteiger partial charge >= 0.3 is 0 Å². The third-order valence-electron chi connectivity index (χ3n) is 3.34. The van der Waals surface area contributed by atoms with Crippen molar-refractivity contribution in [2.45, 2.75) is 25.8 Å². The van der Waals surface area contributed by atoms with Crippen molar-refractivity contribution in [3.63, 3.8) is 0 Å². The number of nitrogens with zero attached hydrogens (tertiary/aromatic N) is 2. The molecule has 0 aliphatic carbocycles. The molecule has 2 rings (SSSR count). The molecule has 19 heavy (non-hydrogen) atoms. The Hall–Kier alpha value is -1.36. The van der Waals surface area contributed by atoms with E-state index in [2.05, 4.69) is 16.6 Å². The van der Waals surface area contributed by atoms with Crippen molar-refractivity contribution in [3.05, 3.63) is 52.3 Å². The molecule has 0 fully saturated rings. The van der Waals surface area contributed by atoms with Crippen LogP contribution in [0.25, 0.3) is 0 Å². The number of hydrogen-bond donors (Lipinski definition) is 2. The summed E-state index contributed by atoms with van der Waals surface area (Å²) in [6.07, 6.45) is 3.58. The van der Waals surface area contributed by atoms with E-state index in [0.29, 0.717) is 0 Å². The number of aryl methyl sites for hydroxylation is 3. The summed E-state index contributed by atoms with van der Waals surface area (Å²) in [4.78, 5) is 0. The van der Waals surface area contributed by atoms with E-state index >= 15 is 0 Å². The lowest BCUT2D eigenvalue weighted by molar-refractivity contribution is 0.507. The Morgan fingerprint density at radius 2 is 2.21 bits per heavy atom. The first-order valence-corrected chi connectivity index (χ1v) is 6.68. The highest BCUT2D eigenvalue weighted by Crippen LogP contribution is 2.26. The van der Waals surface area contributed by atoms with Crippen LogP contribution in [0.4, 0.5) is 0 Å². The molecule has 1 aromatic carbocycles. The standard InChI is InChI=1S/C14H19ClN4/c1-10-3-5-12(13(15)9-10)14(18-16)6-4-11-7-8-17-19(11)2/h3,5,7-9,14,18H,4,6,16H2,1-2H3. The lowest BCUT2D eigenvalue weighted by Gasteiger charge is -2.18. The third-order valence-corrected chi connectivity index (χ3v) is 3.67. The monoisotopic (exact) mass is 278 g/mol. The highest BCUT2D eigenvalue weighted by Gasteiger charge is 2.14. The molecular formula is C14H19ClN4. The van der Waals surface area contributed by atoms with Crippen molar-refractivity contribution < 1.29 is 0 Å². The van der Waals surface area contributed by atoms with Crippen LogP contribution in [0, 0.1) is 6.92 Å². The predicted molar refractivity (Wildman–Crippen MR) is 77.8 cm³/mol.